The minimum absolute atomic E-state index is 0.0121. The molecule has 0 aliphatic carbocycles. The zero-order chi connectivity index (χ0) is 8.97. The molecule has 0 aromatic carbocycles. The second kappa shape index (κ2) is 4.30. The number of nitrogens with zero attached hydrogens (tertiary/aromatic N) is 1. The van der Waals surface area contributed by atoms with Gasteiger partial charge < -0.3 is 15.0 Å². The van der Waals surface area contributed by atoms with Gasteiger partial charge in [-0.05, 0) is 12.8 Å². The van der Waals surface area contributed by atoms with Gasteiger partial charge in [0.05, 0.1) is 0 Å². The van der Waals surface area contributed by atoms with Crippen LogP contribution in [0.1, 0.15) is 12.8 Å². The molecule has 70 valence electrons. The highest BCUT2D eigenvalue weighted by molar-refractivity contribution is 5.73. The zero-order valence-electron chi connectivity index (χ0n) is 7.67. The van der Waals surface area contributed by atoms with Crippen LogP contribution in [-0.4, -0.2) is 44.3 Å². The van der Waals surface area contributed by atoms with E-state index in [-0.39, 0.29) is 6.03 Å². The monoisotopic (exact) mass is 172 g/mol. The van der Waals surface area contributed by atoms with Crippen molar-refractivity contribution >= 4 is 6.03 Å². The van der Waals surface area contributed by atoms with Gasteiger partial charge in [-0.3, -0.25) is 0 Å². The average molecular weight is 172 g/mol. The molecular weight excluding hydrogens is 156 g/mol. The maximum absolute atomic E-state index is 11.2. The minimum atomic E-state index is -0.0121. The summed E-state index contributed by atoms with van der Waals surface area (Å²) >= 11 is 0. The fourth-order valence-corrected chi connectivity index (χ4v) is 1.15. The number of nitrogens with one attached hydrogen (secondary N) is 1. The van der Waals surface area contributed by atoms with E-state index in [1.54, 1.807) is 19.0 Å². The van der Waals surface area contributed by atoms with Crippen LogP contribution in [0.2, 0.25) is 0 Å². The van der Waals surface area contributed by atoms with Gasteiger partial charge in [0.15, 0.2) is 0 Å². The second-order valence-electron chi connectivity index (χ2n) is 3.23. The maximum Gasteiger partial charge on any atom is 0.317 e. The maximum atomic E-state index is 11.2. The van der Waals surface area contributed by atoms with Gasteiger partial charge in [0.25, 0.3) is 0 Å². The first kappa shape index (κ1) is 9.32. The van der Waals surface area contributed by atoms with Crippen molar-refractivity contribution in [1.82, 2.24) is 10.2 Å². The molecule has 1 heterocycles. The molecule has 0 bridgehead atoms. The Hall–Kier alpha value is -0.770. The molecule has 0 unspecified atom stereocenters. The van der Waals surface area contributed by atoms with Crippen LogP contribution in [0.4, 0.5) is 4.79 Å². The van der Waals surface area contributed by atoms with Crippen LogP contribution in [0, 0.1) is 0 Å². The lowest BCUT2D eigenvalue weighted by Crippen LogP contribution is -2.43. The van der Waals surface area contributed by atoms with Gasteiger partial charge in [0, 0.05) is 33.4 Å². The molecule has 1 aliphatic rings. The molecule has 0 saturated carbocycles. The lowest BCUT2D eigenvalue weighted by molar-refractivity contribution is 0.0789. The third-order valence-electron chi connectivity index (χ3n) is 1.96. The third kappa shape index (κ3) is 2.70. The molecule has 1 fully saturated rings. The number of carbonyl (C=O) groups excluding carboxylic acids is 1. The van der Waals surface area contributed by atoms with Crippen LogP contribution >= 0.6 is 0 Å². The van der Waals surface area contributed by atoms with Gasteiger partial charge in [0.1, 0.15) is 0 Å². The number of hydrogen-bond acceptors (Lipinski definition) is 2. The first-order chi connectivity index (χ1) is 5.70. The number of rotatable bonds is 1. The number of urea groups is 1. The predicted octanol–water partition coefficient (Wildman–Crippen LogP) is 0.437. The highest BCUT2D eigenvalue weighted by atomic mass is 16.5. The van der Waals surface area contributed by atoms with E-state index in [9.17, 15) is 4.79 Å². The molecule has 0 aromatic heterocycles. The molecular formula is C8H16N2O2. The summed E-state index contributed by atoms with van der Waals surface area (Å²) in [5.41, 5.74) is 0. The van der Waals surface area contributed by atoms with Crippen LogP contribution in [0.15, 0.2) is 0 Å². The van der Waals surface area contributed by atoms with E-state index < -0.39 is 0 Å². The van der Waals surface area contributed by atoms with Crippen molar-refractivity contribution in [3.63, 3.8) is 0 Å². The molecule has 0 aromatic rings. The largest absolute Gasteiger partial charge is 0.381 e. The Kier molecular flexibility index (Phi) is 3.34. The first-order valence-corrected chi connectivity index (χ1v) is 4.25. The lowest BCUT2D eigenvalue weighted by atomic mass is 10.1. The van der Waals surface area contributed by atoms with Gasteiger partial charge >= 0.3 is 6.03 Å². The summed E-state index contributed by atoms with van der Waals surface area (Å²) < 4.78 is 5.18. The van der Waals surface area contributed by atoms with Crippen LogP contribution in [-0.2, 0) is 4.74 Å². The van der Waals surface area contributed by atoms with Crippen LogP contribution in [0.25, 0.3) is 0 Å². The fourth-order valence-electron chi connectivity index (χ4n) is 1.15. The van der Waals surface area contributed by atoms with Crippen LogP contribution in [0.5, 0.6) is 0 Å². The average Bonchev–Trinajstić information content (AvgIpc) is 2.06. The fraction of sp³-hybridized carbons (Fsp3) is 0.875. The number of hydrogen-bond donors (Lipinski definition) is 1. The Morgan fingerprint density at radius 1 is 1.42 bits per heavy atom. The Labute approximate surface area is 72.9 Å². The summed E-state index contributed by atoms with van der Waals surface area (Å²) in [6, 6.07) is 0.288. The van der Waals surface area contributed by atoms with Crippen molar-refractivity contribution in [2.45, 2.75) is 18.9 Å². The van der Waals surface area contributed by atoms with E-state index >= 15 is 0 Å². The highest BCUT2D eigenvalue weighted by Crippen LogP contribution is 2.05. The minimum Gasteiger partial charge on any atom is -0.381 e. The second-order valence-corrected chi connectivity index (χ2v) is 3.23. The highest BCUT2D eigenvalue weighted by Gasteiger charge is 2.16. The van der Waals surface area contributed by atoms with E-state index in [1.165, 1.54) is 0 Å². The molecule has 0 spiro atoms. The van der Waals surface area contributed by atoms with Crippen LogP contribution in [0.3, 0.4) is 0 Å². The Bertz CT molecular complexity index is 153. The normalized spacial score (nSPS) is 18.8. The van der Waals surface area contributed by atoms with Crippen molar-refractivity contribution in [3.8, 4) is 0 Å². The molecule has 1 N–H and O–H groups in total. The van der Waals surface area contributed by atoms with Gasteiger partial charge in [-0.15, -0.1) is 0 Å². The van der Waals surface area contributed by atoms with Crippen LogP contribution < -0.4 is 5.32 Å². The van der Waals surface area contributed by atoms with Crippen molar-refractivity contribution in [3.05, 3.63) is 0 Å². The summed E-state index contributed by atoms with van der Waals surface area (Å²) in [4.78, 5) is 12.7. The number of amides is 2. The van der Waals surface area contributed by atoms with Gasteiger partial charge in [-0.1, -0.05) is 0 Å². The smallest absolute Gasteiger partial charge is 0.317 e. The topological polar surface area (TPSA) is 41.6 Å². The molecule has 0 radical (unpaired) electrons. The molecule has 1 aliphatic heterocycles. The molecule has 2 amide bonds. The molecule has 1 saturated heterocycles. The summed E-state index contributed by atoms with van der Waals surface area (Å²) in [6.07, 6.45) is 1.86. The van der Waals surface area contributed by atoms with Gasteiger partial charge in [-0.25, -0.2) is 4.79 Å². The lowest BCUT2D eigenvalue weighted by Gasteiger charge is -2.24. The predicted molar refractivity (Wildman–Crippen MR) is 46.1 cm³/mol. The first-order valence-electron chi connectivity index (χ1n) is 4.25. The Morgan fingerprint density at radius 3 is 2.50 bits per heavy atom. The van der Waals surface area contributed by atoms with Gasteiger partial charge in [0.2, 0.25) is 0 Å². The molecule has 0 atom stereocenters. The quantitative estimate of drug-likeness (QED) is 0.623. The van der Waals surface area contributed by atoms with Crippen molar-refractivity contribution < 1.29 is 9.53 Å². The number of ether oxygens (including phenoxy) is 1. The molecule has 4 nitrogen and oxygen atoms in total. The number of carbonyl (C=O) groups is 1. The van der Waals surface area contributed by atoms with Crippen molar-refractivity contribution in [2.24, 2.45) is 0 Å². The van der Waals surface area contributed by atoms with E-state index in [2.05, 4.69) is 5.32 Å². The Balaban J connectivity index is 2.24. The van der Waals surface area contributed by atoms with E-state index in [0.717, 1.165) is 26.1 Å². The van der Waals surface area contributed by atoms with Crippen molar-refractivity contribution in [1.29, 1.82) is 0 Å². The summed E-state index contributed by atoms with van der Waals surface area (Å²) in [7, 11) is 3.49. The van der Waals surface area contributed by atoms with E-state index in [1.807, 2.05) is 0 Å². The van der Waals surface area contributed by atoms with E-state index in [4.69, 9.17) is 4.74 Å². The molecule has 1 rings (SSSR count). The Morgan fingerprint density at radius 2 is 2.00 bits per heavy atom. The summed E-state index contributed by atoms with van der Waals surface area (Å²) in [6.45, 7) is 1.52. The van der Waals surface area contributed by atoms with Gasteiger partial charge in [-0.2, -0.15) is 0 Å². The summed E-state index contributed by atoms with van der Waals surface area (Å²) in [5, 5.41) is 2.93. The standard InChI is InChI=1S/C8H16N2O2/c1-10(2)8(11)9-7-3-5-12-6-4-7/h7H,3-6H2,1-2H3,(H,9,11). The third-order valence-corrected chi connectivity index (χ3v) is 1.96. The van der Waals surface area contributed by atoms with Crippen molar-refractivity contribution in [2.75, 3.05) is 27.3 Å². The molecule has 12 heavy (non-hydrogen) atoms. The SMILES string of the molecule is CN(C)C(=O)NC1CCOCC1. The molecule has 4 heteroatoms. The summed E-state index contributed by atoms with van der Waals surface area (Å²) in [5.74, 6) is 0. The zero-order valence-corrected chi connectivity index (χ0v) is 7.67. The van der Waals surface area contributed by atoms with E-state index in [0.29, 0.717) is 6.04 Å².